The molecule has 0 aromatic carbocycles. The average Bonchev–Trinajstić information content (AvgIpc) is 2.08. The summed E-state index contributed by atoms with van der Waals surface area (Å²) in [6.45, 7) is 0. The molecule has 0 heterocycles. The first-order valence-electron chi connectivity index (χ1n) is 3.29. The molecule has 0 N–H and O–H groups in total. The van der Waals surface area contributed by atoms with E-state index in [9.17, 15) is 0 Å². The topological polar surface area (TPSA) is 397 Å². The van der Waals surface area contributed by atoms with E-state index < -0.39 is 30.5 Å². The van der Waals surface area contributed by atoms with Gasteiger partial charge in [-0.1, -0.05) is 0 Å². The first-order valence-corrected chi connectivity index (χ1v) is 3.29. The van der Waals surface area contributed by atoms with E-state index in [4.69, 9.17) is 91.9 Å². The van der Waals surface area contributed by atoms with Crippen molar-refractivity contribution in [2.24, 2.45) is 0 Å². The van der Waals surface area contributed by atoms with Gasteiger partial charge >= 0.3 is 145 Å². The van der Waals surface area contributed by atoms with Crippen molar-refractivity contribution in [2.75, 3.05) is 0 Å². The molecule has 0 saturated carbocycles. The van der Waals surface area contributed by atoms with E-state index in [0.29, 0.717) is 0 Å². The third-order valence-corrected chi connectivity index (χ3v) is 0. The van der Waals surface area contributed by atoms with Crippen molar-refractivity contribution in [2.45, 2.75) is 0 Å². The van der Waals surface area contributed by atoms with Gasteiger partial charge in [0.1, 0.15) is 0 Å². The quantitative estimate of drug-likeness (QED) is 0.143. The summed E-state index contributed by atoms with van der Waals surface area (Å²) >= 11 is 0. The molecule has 0 radical (unpaired) electrons. The van der Waals surface area contributed by atoms with Crippen LogP contribution in [-0.2, 0) is 0 Å². The van der Waals surface area contributed by atoms with Crippen molar-refractivity contribution in [1.82, 2.24) is 0 Å². The number of rotatable bonds is 0. The maximum Gasteiger partial charge on any atom is 4.00 e. The van der Waals surface area contributed by atoms with Gasteiger partial charge in [0.05, 0.1) is 30.5 Å². The van der Waals surface area contributed by atoms with Crippen molar-refractivity contribution in [3.05, 3.63) is 91.9 Å². The summed E-state index contributed by atoms with van der Waals surface area (Å²) in [5.41, 5.74) is 0. The molecule has 24 nitrogen and oxygen atoms in total. The minimum atomic E-state index is -1.75. The van der Waals surface area contributed by atoms with Gasteiger partial charge in [-0.05, 0) is 0 Å². The van der Waals surface area contributed by atoms with Crippen LogP contribution in [0.1, 0.15) is 0 Å². The Hall–Kier alpha value is -0.151. The average molecular weight is 590 g/mol. The summed E-state index contributed by atoms with van der Waals surface area (Å²) in [4.78, 5) is 49.5. The van der Waals surface area contributed by atoms with Gasteiger partial charge in [0.15, 0.2) is 0 Å². The van der Waals surface area contributed by atoms with E-state index in [-0.39, 0.29) is 145 Å². The molecule has 0 aliphatic rings. The van der Waals surface area contributed by atoms with Crippen LogP contribution in [0.25, 0.3) is 0 Å². The zero-order chi connectivity index (χ0) is 21.5. The summed E-state index contributed by atoms with van der Waals surface area (Å²) in [5.74, 6) is 0. The fourth-order valence-electron chi connectivity index (χ4n) is 0. The van der Waals surface area contributed by atoms with Gasteiger partial charge in [-0.15, -0.1) is 0 Å². The summed E-state index contributed by atoms with van der Waals surface area (Å²) in [5, 5.41) is 88.5. The van der Waals surface area contributed by atoms with Gasteiger partial charge in [-0.25, -0.2) is 0 Å². The van der Waals surface area contributed by atoms with E-state index in [0.717, 1.165) is 0 Å². The molecule has 0 aromatic rings. The summed E-state index contributed by atoms with van der Waals surface area (Å²) in [7, 11) is 0. The molecule has 0 atom stereocenters. The first kappa shape index (κ1) is 56.3. The zero-order valence-electron chi connectivity index (χ0n) is 12.5. The van der Waals surface area contributed by atoms with Crippen LogP contribution in [0, 0.1) is 134 Å². The molecule has 27 heavy (non-hydrogen) atoms. The molecule has 0 aliphatic heterocycles. The van der Waals surface area contributed by atoms with Gasteiger partial charge in [0.2, 0.25) is 0 Å². The monoisotopic (exact) mass is 590 g/mol. The summed E-state index contributed by atoms with van der Waals surface area (Å²) in [6, 6.07) is 0. The second kappa shape index (κ2) is 50.1. The Labute approximate surface area is 262 Å². The minimum Gasteiger partial charge on any atom is -0.356 e. The van der Waals surface area contributed by atoms with Crippen LogP contribution in [0.4, 0.5) is 0 Å². The van der Waals surface area contributed by atoms with Crippen LogP contribution >= 0.6 is 0 Å². The SMILES string of the molecule is O=[N+]([O-])[O-].O=[N+]([O-])[O-].O=[N+]([O-])[O-].O=[N+]([O-])[O-].O=[N+]([O-])[O-].O=[N+]([O-])[O-].[Ce+4].[K+].[K+]. The molecule has 0 unspecified atom stereocenters. The van der Waals surface area contributed by atoms with Crippen LogP contribution < -0.4 is 103 Å². The third kappa shape index (κ3) is 648000. The molecule has 144 valence electrons. The molecular formula is CeK2N6O18. The van der Waals surface area contributed by atoms with E-state index >= 15 is 0 Å². The molecule has 0 amide bonds. The van der Waals surface area contributed by atoms with Crippen molar-refractivity contribution in [3.8, 4) is 0 Å². The predicted molar refractivity (Wildman–Crippen MR) is 62.2 cm³/mol. The number of hydrogen-bond donors (Lipinski definition) is 0. The molecule has 0 fully saturated rings. The Morgan fingerprint density at radius 1 is 0.296 bits per heavy atom. The normalized spacial score (nSPS) is 5.33. The number of nitrogens with zero attached hydrogens (tertiary/aromatic N) is 6. The molecule has 0 spiro atoms. The maximum atomic E-state index is 8.25. The Kier molecular flexibility index (Phi) is 104. The van der Waals surface area contributed by atoms with Crippen LogP contribution in [-0.4, -0.2) is 30.5 Å². The Balaban J connectivity index is -0.0000000201. The first-order chi connectivity index (χ1) is 10.4. The molecule has 0 saturated heterocycles. The molecular weight excluding hydrogens is 590 g/mol. The Morgan fingerprint density at radius 2 is 0.296 bits per heavy atom. The molecule has 0 rings (SSSR count). The van der Waals surface area contributed by atoms with E-state index in [1.807, 2.05) is 0 Å². The van der Waals surface area contributed by atoms with Gasteiger partial charge in [0.25, 0.3) is 0 Å². The number of hydrogen-bond acceptors (Lipinski definition) is 18. The zero-order valence-corrected chi connectivity index (χ0v) is 21.9. The molecule has 27 heteroatoms. The smallest absolute Gasteiger partial charge is 0.356 e. The van der Waals surface area contributed by atoms with E-state index in [1.54, 1.807) is 0 Å². The fraction of sp³-hybridized carbons (Fsp3) is 0. The van der Waals surface area contributed by atoms with Gasteiger partial charge in [-0.2, -0.15) is 0 Å². The van der Waals surface area contributed by atoms with Crippen molar-refractivity contribution in [1.29, 1.82) is 0 Å². The van der Waals surface area contributed by atoms with Crippen LogP contribution in [0.2, 0.25) is 0 Å². The van der Waals surface area contributed by atoms with Gasteiger partial charge < -0.3 is 91.9 Å². The summed E-state index contributed by atoms with van der Waals surface area (Å²) in [6.07, 6.45) is 0. The molecule has 0 aliphatic carbocycles. The van der Waals surface area contributed by atoms with Crippen molar-refractivity contribution < 1.29 is 175 Å². The molecule has 0 aromatic heterocycles. The minimum absolute atomic E-state index is 0. The van der Waals surface area contributed by atoms with Gasteiger partial charge in [-0.3, -0.25) is 0 Å². The second-order valence-corrected chi connectivity index (χ2v) is 1.34. The second-order valence-electron chi connectivity index (χ2n) is 1.34. The van der Waals surface area contributed by atoms with Crippen LogP contribution in [0.15, 0.2) is 0 Å². The standard InChI is InChI=1S/Ce.2K.6NO3/c;;;6*2-1(3)4/q+4;2*+1;6*-1. The maximum absolute atomic E-state index is 8.25. The van der Waals surface area contributed by atoms with Crippen LogP contribution in [0.3, 0.4) is 0 Å². The molecule has 0 bridgehead atoms. The fourth-order valence-corrected chi connectivity index (χ4v) is 0. The third-order valence-electron chi connectivity index (χ3n) is 0. The Bertz CT molecular complexity index is 267. The van der Waals surface area contributed by atoms with Crippen LogP contribution in [0.5, 0.6) is 0 Å². The van der Waals surface area contributed by atoms with E-state index in [2.05, 4.69) is 0 Å². The van der Waals surface area contributed by atoms with Crippen molar-refractivity contribution >= 4 is 0 Å². The summed E-state index contributed by atoms with van der Waals surface area (Å²) < 4.78 is 0. The van der Waals surface area contributed by atoms with E-state index in [1.165, 1.54) is 0 Å². The predicted octanol–water partition coefficient (Wildman–Crippen LogP) is -7.43. The van der Waals surface area contributed by atoms with Gasteiger partial charge in [0, 0.05) is 0 Å². The largest absolute Gasteiger partial charge is 4.00 e. The van der Waals surface area contributed by atoms with Crippen molar-refractivity contribution in [3.63, 3.8) is 0 Å². The Morgan fingerprint density at radius 3 is 0.296 bits per heavy atom.